The molecule has 6 rings (SSSR count). The lowest BCUT2D eigenvalue weighted by atomic mass is 9.89. The van der Waals surface area contributed by atoms with Gasteiger partial charge in [-0.25, -0.2) is 13.2 Å². The van der Waals surface area contributed by atoms with Gasteiger partial charge in [-0.15, -0.1) is 0 Å². The average Bonchev–Trinajstić information content (AvgIpc) is 3.01. The van der Waals surface area contributed by atoms with Crippen LogP contribution in [0.4, 0.5) is 18.9 Å². The number of aromatic hydroxyl groups is 1. The summed E-state index contributed by atoms with van der Waals surface area (Å²) >= 11 is 0. The zero-order chi connectivity index (χ0) is 34.8. The molecule has 1 aromatic heterocycles. The normalized spacial score (nSPS) is 17.6. The largest absolute Gasteiger partial charge is 0.507 e. The Kier molecular flexibility index (Phi) is 8.66. The SMILES string of the molecule is C=CC(=O)N1CC2CCc3c(c4cc(F)c(-c5c(O)cccc5F)c(F)c4n(-c4c(C)cc(CN(C)C)cc4C(C)C)c3=O)N2CC1C. The second-order valence-electron chi connectivity index (χ2n) is 13.7. The fourth-order valence-electron chi connectivity index (χ4n) is 7.64. The molecule has 0 spiro atoms. The van der Waals surface area contributed by atoms with Crippen molar-refractivity contribution in [3.05, 3.63) is 99.1 Å². The monoisotopic (exact) mass is 658 g/mol. The van der Waals surface area contributed by atoms with Crippen LogP contribution in [0.25, 0.3) is 27.7 Å². The van der Waals surface area contributed by atoms with Gasteiger partial charge in [0.2, 0.25) is 5.91 Å². The number of hydrogen-bond donors (Lipinski definition) is 1. The third kappa shape index (κ3) is 5.36. The molecule has 3 aromatic carbocycles. The highest BCUT2D eigenvalue weighted by atomic mass is 19.1. The molecule has 2 atom stereocenters. The number of carbonyl (C=O) groups excluding carboxylic acids is 1. The summed E-state index contributed by atoms with van der Waals surface area (Å²) in [5.74, 6) is -4.10. The van der Waals surface area contributed by atoms with Crippen molar-refractivity contribution in [2.24, 2.45) is 0 Å². The van der Waals surface area contributed by atoms with Gasteiger partial charge in [0.15, 0.2) is 5.82 Å². The van der Waals surface area contributed by atoms with E-state index >= 15 is 13.2 Å². The summed E-state index contributed by atoms with van der Waals surface area (Å²) in [6, 6.07) is 8.13. The summed E-state index contributed by atoms with van der Waals surface area (Å²) < 4.78 is 50.2. The number of amides is 1. The molecule has 2 unspecified atom stereocenters. The highest BCUT2D eigenvalue weighted by Gasteiger charge is 2.40. The summed E-state index contributed by atoms with van der Waals surface area (Å²) in [7, 11) is 3.93. The summed E-state index contributed by atoms with van der Waals surface area (Å²) in [4.78, 5) is 33.3. The molecule has 0 radical (unpaired) electrons. The van der Waals surface area contributed by atoms with E-state index < -0.39 is 39.9 Å². The molecular formula is C38H41F3N4O3. The van der Waals surface area contributed by atoms with Crippen LogP contribution in [0.3, 0.4) is 0 Å². The number of phenols is 1. The van der Waals surface area contributed by atoms with Gasteiger partial charge in [0.05, 0.1) is 28.0 Å². The lowest BCUT2D eigenvalue weighted by molar-refractivity contribution is -0.129. The molecule has 7 nitrogen and oxygen atoms in total. The lowest BCUT2D eigenvalue weighted by Crippen LogP contribution is -2.60. The summed E-state index contributed by atoms with van der Waals surface area (Å²) in [5, 5.41) is 10.8. The molecule has 1 fully saturated rings. The first-order valence-corrected chi connectivity index (χ1v) is 16.3. The molecule has 0 aliphatic carbocycles. The number of carbonyl (C=O) groups is 1. The van der Waals surface area contributed by atoms with Crippen LogP contribution in [-0.4, -0.2) is 64.6 Å². The molecule has 2 aliphatic heterocycles. The van der Waals surface area contributed by atoms with Crippen LogP contribution in [0.1, 0.15) is 55.4 Å². The number of rotatable bonds is 6. The van der Waals surface area contributed by atoms with Crippen molar-refractivity contribution < 1.29 is 23.1 Å². The fourth-order valence-corrected chi connectivity index (χ4v) is 7.64. The van der Waals surface area contributed by atoms with Crippen molar-refractivity contribution >= 4 is 22.5 Å². The average molecular weight is 659 g/mol. The van der Waals surface area contributed by atoms with Crippen LogP contribution in [0.15, 0.2) is 53.8 Å². The van der Waals surface area contributed by atoms with E-state index in [9.17, 15) is 14.7 Å². The quantitative estimate of drug-likeness (QED) is 0.231. The van der Waals surface area contributed by atoms with Crippen molar-refractivity contribution in [1.29, 1.82) is 0 Å². The van der Waals surface area contributed by atoms with Gasteiger partial charge in [0, 0.05) is 42.7 Å². The van der Waals surface area contributed by atoms with E-state index in [1.54, 1.807) is 4.90 Å². The van der Waals surface area contributed by atoms with E-state index in [2.05, 4.69) is 6.58 Å². The predicted molar refractivity (Wildman–Crippen MR) is 184 cm³/mol. The summed E-state index contributed by atoms with van der Waals surface area (Å²) in [5.41, 5.74) is 1.93. The Morgan fingerprint density at radius 1 is 1.08 bits per heavy atom. The van der Waals surface area contributed by atoms with Crippen LogP contribution >= 0.6 is 0 Å². The molecule has 1 N–H and O–H groups in total. The van der Waals surface area contributed by atoms with Crippen molar-refractivity contribution in [3.63, 3.8) is 0 Å². The zero-order valence-electron chi connectivity index (χ0n) is 28.2. The van der Waals surface area contributed by atoms with Gasteiger partial charge in [0.25, 0.3) is 5.56 Å². The molecule has 1 amide bonds. The van der Waals surface area contributed by atoms with Crippen LogP contribution in [-0.2, 0) is 17.8 Å². The minimum absolute atomic E-state index is 0.0712. The lowest BCUT2D eigenvalue weighted by Gasteiger charge is -2.49. The molecule has 1 saturated heterocycles. The van der Waals surface area contributed by atoms with E-state index in [0.29, 0.717) is 49.4 Å². The van der Waals surface area contributed by atoms with E-state index in [1.807, 2.05) is 63.7 Å². The molecule has 2 aliphatic rings. The number of aromatic nitrogens is 1. The number of benzene rings is 3. The number of nitrogens with zero attached hydrogens (tertiary/aromatic N) is 4. The molecule has 252 valence electrons. The van der Waals surface area contributed by atoms with Gasteiger partial charge in [-0.05, 0) is 87.7 Å². The number of pyridine rings is 1. The van der Waals surface area contributed by atoms with E-state index in [1.165, 1.54) is 22.8 Å². The Morgan fingerprint density at radius 3 is 2.46 bits per heavy atom. The summed E-state index contributed by atoms with van der Waals surface area (Å²) in [6.07, 6.45) is 2.18. The van der Waals surface area contributed by atoms with E-state index in [0.717, 1.165) is 28.8 Å². The highest BCUT2D eigenvalue weighted by Crippen LogP contribution is 2.45. The van der Waals surface area contributed by atoms with Crippen LogP contribution in [0.2, 0.25) is 0 Å². The molecule has 0 saturated carbocycles. The van der Waals surface area contributed by atoms with Crippen LogP contribution < -0.4 is 10.5 Å². The van der Waals surface area contributed by atoms with Gasteiger partial charge >= 0.3 is 0 Å². The Bertz CT molecular complexity index is 2020. The number of fused-ring (bicyclic) bond motifs is 5. The summed E-state index contributed by atoms with van der Waals surface area (Å²) in [6.45, 7) is 12.7. The second-order valence-corrected chi connectivity index (χ2v) is 13.7. The minimum Gasteiger partial charge on any atom is -0.507 e. The second kappa shape index (κ2) is 12.5. The third-order valence-electron chi connectivity index (χ3n) is 9.71. The van der Waals surface area contributed by atoms with E-state index in [-0.39, 0.29) is 34.8 Å². The highest BCUT2D eigenvalue weighted by molar-refractivity contribution is 5.99. The van der Waals surface area contributed by atoms with Crippen LogP contribution in [0.5, 0.6) is 5.75 Å². The van der Waals surface area contributed by atoms with Crippen molar-refractivity contribution in [2.45, 2.75) is 65.1 Å². The molecular weight excluding hydrogens is 617 g/mol. The standard InChI is InChI=1S/C38H41F3N4O3/c1-8-31(47)43-19-24-12-13-25-36(44(24)17-22(43)5)27-16-29(40)33(32-28(39)10-9-11-30(32)46)34(41)37(27)45(38(25)48)35-21(4)14-23(18-42(6)7)15-26(35)20(2)3/h8-11,14-16,20,22,24,46H,1,12-13,17-19H2,2-7H3. The first kappa shape index (κ1) is 33.3. The van der Waals surface area contributed by atoms with Crippen molar-refractivity contribution in [2.75, 3.05) is 32.1 Å². The first-order chi connectivity index (χ1) is 22.7. The zero-order valence-corrected chi connectivity index (χ0v) is 28.2. The van der Waals surface area contributed by atoms with Gasteiger partial charge in [-0.2, -0.15) is 0 Å². The smallest absolute Gasteiger partial charge is 0.261 e. The number of halogens is 3. The van der Waals surface area contributed by atoms with Gasteiger partial charge in [0.1, 0.15) is 17.4 Å². The third-order valence-corrected chi connectivity index (χ3v) is 9.71. The van der Waals surface area contributed by atoms with Gasteiger partial charge in [-0.3, -0.25) is 14.2 Å². The molecule has 0 bridgehead atoms. The molecule has 48 heavy (non-hydrogen) atoms. The van der Waals surface area contributed by atoms with Crippen LogP contribution in [0, 0.1) is 24.4 Å². The number of hydrogen-bond acceptors (Lipinski definition) is 5. The maximum atomic E-state index is 17.3. The Labute approximate surface area is 278 Å². The predicted octanol–water partition coefficient (Wildman–Crippen LogP) is 6.81. The van der Waals surface area contributed by atoms with Crippen molar-refractivity contribution in [1.82, 2.24) is 14.4 Å². The molecule has 10 heteroatoms. The fraction of sp³-hybridized carbons (Fsp3) is 0.368. The topological polar surface area (TPSA) is 69.0 Å². The number of phenolic OH excluding ortho intramolecular Hbond substituents is 1. The maximum absolute atomic E-state index is 17.3. The number of aryl methyl sites for hydroxylation is 1. The van der Waals surface area contributed by atoms with Gasteiger partial charge in [-0.1, -0.05) is 38.6 Å². The van der Waals surface area contributed by atoms with E-state index in [4.69, 9.17) is 0 Å². The first-order valence-electron chi connectivity index (χ1n) is 16.3. The molecule has 4 aromatic rings. The van der Waals surface area contributed by atoms with Crippen molar-refractivity contribution in [3.8, 4) is 22.6 Å². The Balaban J connectivity index is 1.74. The number of piperazine rings is 1. The number of anilines is 1. The maximum Gasteiger partial charge on any atom is 0.261 e. The Hall–Kier alpha value is -4.57. The Morgan fingerprint density at radius 2 is 1.81 bits per heavy atom. The molecule has 3 heterocycles. The van der Waals surface area contributed by atoms with Gasteiger partial charge < -0.3 is 19.8 Å². The minimum atomic E-state index is -1.15.